The number of nitrogens with one attached hydrogen (secondary N) is 1. The zero-order valence-electron chi connectivity index (χ0n) is 10.5. The van der Waals surface area contributed by atoms with Crippen LogP contribution >= 0.6 is 0 Å². The molecule has 0 amide bonds. The molecular weight excluding hydrogens is 283 g/mol. The maximum atomic E-state index is 13.3. The van der Waals surface area contributed by atoms with Crippen LogP contribution in [0.3, 0.4) is 0 Å². The van der Waals surface area contributed by atoms with Crippen molar-refractivity contribution in [3.63, 3.8) is 0 Å². The maximum Gasteiger partial charge on any atom is 0.237 e. The third-order valence-electron chi connectivity index (χ3n) is 2.60. The molecule has 106 valence electrons. The van der Waals surface area contributed by atoms with Gasteiger partial charge in [0, 0.05) is 6.20 Å². The number of anilines is 1. The Labute approximate surface area is 116 Å². The highest BCUT2D eigenvalue weighted by molar-refractivity contribution is 7.91. The summed E-state index contributed by atoms with van der Waals surface area (Å²) in [5.41, 5.74) is 1.11. The molecule has 2 rings (SSSR count). The van der Waals surface area contributed by atoms with Crippen molar-refractivity contribution in [3.05, 3.63) is 59.7 Å². The van der Waals surface area contributed by atoms with Crippen molar-refractivity contribution in [2.45, 2.75) is 12.4 Å². The molecular formula is C13H13FN2O3S. The number of nitrogens with zero attached hydrogens (tertiary/aromatic N) is 1. The summed E-state index contributed by atoms with van der Waals surface area (Å²) in [5, 5.41) is 8.91. The number of hydrogen-bond acceptors (Lipinski definition) is 4. The first-order valence-electron chi connectivity index (χ1n) is 5.79. The average Bonchev–Trinajstić information content (AvgIpc) is 2.41. The predicted octanol–water partition coefficient (Wildman–Crippen LogP) is 1.65. The van der Waals surface area contributed by atoms with Gasteiger partial charge in [0.1, 0.15) is 0 Å². The lowest BCUT2D eigenvalue weighted by Gasteiger charge is -2.08. The lowest BCUT2D eigenvalue weighted by atomic mass is 10.2. The zero-order chi connectivity index (χ0) is 14.6. The lowest BCUT2D eigenvalue weighted by molar-refractivity contribution is 0.282. The van der Waals surface area contributed by atoms with Crippen molar-refractivity contribution in [2.24, 2.45) is 0 Å². The Morgan fingerprint density at radius 1 is 1.15 bits per heavy atom. The van der Waals surface area contributed by atoms with Crippen molar-refractivity contribution >= 4 is 15.7 Å². The number of aliphatic hydroxyl groups is 1. The Kier molecular flexibility index (Phi) is 4.31. The number of aliphatic hydroxyl groups excluding tert-OH is 1. The fourth-order valence-corrected chi connectivity index (χ4v) is 2.83. The van der Waals surface area contributed by atoms with E-state index in [9.17, 15) is 12.8 Å². The largest absolute Gasteiger partial charge is 0.392 e. The first-order chi connectivity index (χ1) is 9.50. The van der Waals surface area contributed by atoms with E-state index in [0.717, 1.165) is 6.20 Å². The number of hydrogen-bond donors (Lipinski definition) is 2. The van der Waals surface area contributed by atoms with Crippen molar-refractivity contribution in [3.8, 4) is 0 Å². The molecule has 2 aromatic rings. The van der Waals surface area contributed by atoms with E-state index in [2.05, 4.69) is 9.71 Å². The van der Waals surface area contributed by atoms with Gasteiger partial charge in [-0.3, -0.25) is 9.71 Å². The molecule has 5 nitrogen and oxygen atoms in total. The van der Waals surface area contributed by atoms with Crippen LogP contribution < -0.4 is 4.72 Å². The molecule has 2 N–H and O–H groups in total. The molecule has 1 aromatic heterocycles. The number of pyridine rings is 1. The van der Waals surface area contributed by atoms with Gasteiger partial charge in [0.25, 0.3) is 0 Å². The second-order valence-electron chi connectivity index (χ2n) is 4.19. The quantitative estimate of drug-likeness (QED) is 0.879. The summed E-state index contributed by atoms with van der Waals surface area (Å²) in [4.78, 5) is 3.54. The monoisotopic (exact) mass is 296 g/mol. The summed E-state index contributed by atoms with van der Waals surface area (Å²) >= 11 is 0. The summed E-state index contributed by atoms with van der Waals surface area (Å²) in [7, 11) is -3.71. The molecule has 20 heavy (non-hydrogen) atoms. The standard InChI is InChI=1S/C13H13FN2O3S/c14-12-7-15-6-5-13(12)16-20(18,19)9-11-3-1-10(8-17)2-4-11/h1-7,17H,8-9H2,(H,15,16). The van der Waals surface area contributed by atoms with Gasteiger partial charge < -0.3 is 5.11 Å². The van der Waals surface area contributed by atoms with Crippen LogP contribution in [0.15, 0.2) is 42.7 Å². The van der Waals surface area contributed by atoms with Gasteiger partial charge in [-0.2, -0.15) is 0 Å². The lowest BCUT2D eigenvalue weighted by Crippen LogP contribution is -2.16. The predicted molar refractivity (Wildman–Crippen MR) is 72.8 cm³/mol. The number of rotatable bonds is 5. The van der Waals surface area contributed by atoms with Crippen LogP contribution in [0.1, 0.15) is 11.1 Å². The second-order valence-corrected chi connectivity index (χ2v) is 5.91. The maximum absolute atomic E-state index is 13.3. The summed E-state index contributed by atoms with van der Waals surface area (Å²) in [6, 6.07) is 7.73. The minimum Gasteiger partial charge on any atom is -0.392 e. The molecule has 0 saturated heterocycles. The molecule has 0 radical (unpaired) electrons. The van der Waals surface area contributed by atoms with E-state index in [1.807, 2.05) is 0 Å². The number of benzene rings is 1. The Bertz CT molecular complexity index is 687. The van der Waals surface area contributed by atoms with Crippen LogP contribution in [0.5, 0.6) is 0 Å². The topological polar surface area (TPSA) is 79.3 Å². The SMILES string of the molecule is O=S(=O)(Cc1ccc(CO)cc1)Nc1ccncc1F. The van der Waals surface area contributed by atoms with Crippen molar-refractivity contribution in [1.29, 1.82) is 0 Å². The minimum atomic E-state index is -3.71. The molecule has 0 atom stereocenters. The number of aromatic nitrogens is 1. The van der Waals surface area contributed by atoms with E-state index in [0.29, 0.717) is 11.1 Å². The van der Waals surface area contributed by atoms with Crippen LogP contribution in [-0.2, 0) is 22.4 Å². The van der Waals surface area contributed by atoms with E-state index < -0.39 is 15.8 Å². The normalized spacial score (nSPS) is 11.3. The van der Waals surface area contributed by atoms with Gasteiger partial charge in [-0.25, -0.2) is 12.8 Å². The first-order valence-corrected chi connectivity index (χ1v) is 7.44. The molecule has 7 heteroatoms. The van der Waals surface area contributed by atoms with Gasteiger partial charge >= 0.3 is 0 Å². The fraction of sp³-hybridized carbons (Fsp3) is 0.154. The zero-order valence-corrected chi connectivity index (χ0v) is 11.3. The molecule has 0 spiro atoms. The molecule has 0 aliphatic rings. The molecule has 0 bridgehead atoms. The Hall–Kier alpha value is -1.99. The molecule has 0 saturated carbocycles. The highest BCUT2D eigenvalue weighted by Gasteiger charge is 2.14. The van der Waals surface area contributed by atoms with Crippen LogP contribution in [0.25, 0.3) is 0 Å². The second kappa shape index (κ2) is 5.98. The molecule has 1 heterocycles. The highest BCUT2D eigenvalue weighted by Crippen LogP contribution is 2.15. The summed E-state index contributed by atoms with van der Waals surface area (Å²) < 4.78 is 39.4. The smallest absolute Gasteiger partial charge is 0.237 e. The van der Waals surface area contributed by atoms with E-state index in [1.165, 1.54) is 12.3 Å². The van der Waals surface area contributed by atoms with Gasteiger partial charge in [-0.1, -0.05) is 24.3 Å². The van der Waals surface area contributed by atoms with E-state index in [-0.39, 0.29) is 18.0 Å². The third-order valence-corrected chi connectivity index (χ3v) is 3.84. The molecule has 0 aliphatic carbocycles. The van der Waals surface area contributed by atoms with Crippen molar-refractivity contribution < 1.29 is 17.9 Å². The fourth-order valence-electron chi connectivity index (χ4n) is 1.62. The van der Waals surface area contributed by atoms with Crippen LogP contribution in [0.2, 0.25) is 0 Å². The summed E-state index contributed by atoms with van der Waals surface area (Å²) in [6.07, 6.45) is 2.24. The molecule has 0 aliphatic heterocycles. The Morgan fingerprint density at radius 3 is 2.40 bits per heavy atom. The van der Waals surface area contributed by atoms with Gasteiger partial charge in [-0.05, 0) is 17.2 Å². The van der Waals surface area contributed by atoms with Crippen molar-refractivity contribution in [1.82, 2.24) is 4.98 Å². The van der Waals surface area contributed by atoms with Gasteiger partial charge in [0.05, 0.1) is 24.2 Å². The van der Waals surface area contributed by atoms with Gasteiger partial charge in [0.2, 0.25) is 10.0 Å². The molecule has 0 unspecified atom stereocenters. The Morgan fingerprint density at radius 2 is 1.80 bits per heavy atom. The first kappa shape index (κ1) is 14.4. The van der Waals surface area contributed by atoms with Crippen LogP contribution in [-0.4, -0.2) is 18.5 Å². The average molecular weight is 296 g/mol. The van der Waals surface area contributed by atoms with Crippen LogP contribution in [0, 0.1) is 5.82 Å². The molecule has 0 fully saturated rings. The summed E-state index contributed by atoms with van der Waals surface area (Å²) in [5.74, 6) is -1.01. The number of sulfonamides is 1. The van der Waals surface area contributed by atoms with Crippen molar-refractivity contribution in [2.75, 3.05) is 4.72 Å². The van der Waals surface area contributed by atoms with E-state index in [1.54, 1.807) is 24.3 Å². The molecule has 1 aromatic carbocycles. The van der Waals surface area contributed by atoms with Gasteiger partial charge in [0.15, 0.2) is 5.82 Å². The highest BCUT2D eigenvalue weighted by atomic mass is 32.2. The Balaban J connectivity index is 2.13. The van der Waals surface area contributed by atoms with Gasteiger partial charge in [-0.15, -0.1) is 0 Å². The number of halogens is 1. The van der Waals surface area contributed by atoms with Crippen LogP contribution in [0.4, 0.5) is 10.1 Å². The van der Waals surface area contributed by atoms with E-state index in [4.69, 9.17) is 5.11 Å². The van der Waals surface area contributed by atoms with E-state index >= 15 is 0 Å². The minimum absolute atomic E-state index is 0.104. The third kappa shape index (κ3) is 3.75. The summed E-state index contributed by atoms with van der Waals surface area (Å²) in [6.45, 7) is -0.104.